The molecule has 3 N–H and O–H groups in total. The van der Waals surface area contributed by atoms with Gasteiger partial charge in [-0.3, -0.25) is 5.41 Å². The number of amidine groups is 1. The van der Waals surface area contributed by atoms with Crippen LogP contribution in [0.25, 0.3) is 0 Å². The summed E-state index contributed by atoms with van der Waals surface area (Å²) in [6.45, 7) is 4.59. The van der Waals surface area contributed by atoms with Gasteiger partial charge in [-0.2, -0.15) is 0 Å². The van der Waals surface area contributed by atoms with Crippen LogP contribution in [-0.4, -0.2) is 11.9 Å². The fraction of sp³-hybridized carbons (Fsp3) is 0.533. The van der Waals surface area contributed by atoms with E-state index in [0.29, 0.717) is 11.5 Å². The van der Waals surface area contributed by atoms with Gasteiger partial charge in [0.25, 0.3) is 0 Å². The first kappa shape index (κ1) is 14.4. The number of nitrogens with one attached hydrogen (secondary N) is 1. The number of benzene rings is 1. The standard InChI is InChI=1S/C15H21BrN2O/c1-9-3-5-12(7-10(9)2)19-14-6-4-11(16)8-13(14)15(17)18/h4,6,8-10,12H,3,5,7H2,1-2H3,(H3,17,18). The van der Waals surface area contributed by atoms with E-state index >= 15 is 0 Å². The fourth-order valence-electron chi connectivity index (χ4n) is 2.60. The molecule has 0 radical (unpaired) electrons. The van der Waals surface area contributed by atoms with Crippen molar-refractivity contribution in [1.29, 1.82) is 5.41 Å². The maximum absolute atomic E-state index is 7.64. The Bertz CT molecular complexity index is 475. The average molecular weight is 325 g/mol. The molecular weight excluding hydrogens is 304 g/mol. The van der Waals surface area contributed by atoms with Crippen molar-refractivity contribution in [2.75, 3.05) is 0 Å². The third-order valence-corrected chi connectivity index (χ3v) is 4.57. The van der Waals surface area contributed by atoms with Crippen LogP contribution in [0.3, 0.4) is 0 Å². The summed E-state index contributed by atoms with van der Waals surface area (Å²) in [6.07, 6.45) is 3.61. The van der Waals surface area contributed by atoms with Crippen LogP contribution in [0.1, 0.15) is 38.7 Å². The molecule has 104 valence electrons. The van der Waals surface area contributed by atoms with E-state index < -0.39 is 0 Å². The zero-order chi connectivity index (χ0) is 14.0. The zero-order valence-corrected chi connectivity index (χ0v) is 13.0. The Kier molecular flexibility index (Phi) is 4.50. The highest BCUT2D eigenvalue weighted by molar-refractivity contribution is 9.10. The van der Waals surface area contributed by atoms with Crippen LogP contribution in [0.15, 0.2) is 22.7 Å². The minimum Gasteiger partial charge on any atom is -0.490 e. The summed E-state index contributed by atoms with van der Waals surface area (Å²) in [5.74, 6) is 2.24. The quantitative estimate of drug-likeness (QED) is 0.653. The molecule has 3 nitrogen and oxygen atoms in total. The predicted octanol–water partition coefficient (Wildman–Crippen LogP) is 3.94. The van der Waals surface area contributed by atoms with Crippen LogP contribution in [0.4, 0.5) is 0 Å². The second-order valence-electron chi connectivity index (χ2n) is 5.56. The molecule has 3 unspecified atom stereocenters. The molecule has 2 rings (SSSR count). The molecule has 1 aliphatic carbocycles. The van der Waals surface area contributed by atoms with Gasteiger partial charge < -0.3 is 10.5 Å². The molecule has 0 bridgehead atoms. The highest BCUT2D eigenvalue weighted by Crippen LogP contribution is 2.33. The molecule has 0 spiro atoms. The van der Waals surface area contributed by atoms with Crippen LogP contribution < -0.4 is 10.5 Å². The van der Waals surface area contributed by atoms with Gasteiger partial charge in [0.2, 0.25) is 0 Å². The zero-order valence-electron chi connectivity index (χ0n) is 11.4. The summed E-state index contributed by atoms with van der Waals surface area (Å²) in [7, 11) is 0. The van der Waals surface area contributed by atoms with Crippen LogP contribution in [-0.2, 0) is 0 Å². The van der Waals surface area contributed by atoms with Gasteiger partial charge in [-0.05, 0) is 49.3 Å². The Labute approximate surface area is 123 Å². The Hall–Kier alpha value is -1.03. The number of halogens is 1. The second kappa shape index (κ2) is 5.95. The van der Waals surface area contributed by atoms with Gasteiger partial charge >= 0.3 is 0 Å². The average Bonchev–Trinajstić information content (AvgIpc) is 2.36. The number of nitrogen functional groups attached to an aromatic ring is 1. The topological polar surface area (TPSA) is 59.1 Å². The third kappa shape index (κ3) is 3.50. The van der Waals surface area contributed by atoms with Gasteiger partial charge in [0, 0.05) is 4.47 Å². The van der Waals surface area contributed by atoms with Crippen molar-refractivity contribution in [1.82, 2.24) is 0 Å². The molecule has 0 saturated heterocycles. The van der Waals surface area contributed by atoms with Crippen molar-refractivity contribution in [2.24, 2.45) is 17.6 Å². The predicted molar refractivity (Wildman–Crippen MR) is 81.8 cm³/mol. The minimum absolute atomic E-state index is 0.0496. The summed E-state index contributed by atoms with van der Waals surface area (Å²) in [6, 6.07) is 5.66. The van der Waals surface area contributed by atoms with Gasteiger partial charge in [0.15, 0.2) is 0 Å². The van der Waals surface area contributed by atoms with Crippen LogP contribution in [0, 0.1) is 17.2 Å². The molecule has 1 aromatic carbocycles. The monoisotopic (exact) mass is 324 g/mol. The third-order valence-electron chi connectivity index (χ3n) is 4.08. The van der Waals surface area contributed by atoms with Gasteiger partial charge in [0.05, 0.1) is 11.7 Å². The Balaban J connectivity index is 2.13. The van der Waals surface area contributed by atoms with Crippen LogP contribution in [0.2, 0.25) is 0 Å². The molecule has 19 heavy (non-hydrogen) atoms. The summed E-state index contributed by atoms with van der Waals surface area (Å²) in [5.41, 5.74) is 6.29. The van der Waals surface area contributed by atoms with Crippen molar-refractivity contribution >= 4 is 21.8 Å². The lowest BCUT2D eigenvalue weighted by Gasteiger charge is -2.32. The van der Waals surface area contributed by atoms with Crippen LogP contribution in [0.5, 0.6) is 5.75 Å². The van der Waals surface area contributed by atoms with Crippen molar-refractivity contribution in [3.8, 4) is 5.75 Å². The molecule has 0 heterocycles. The molecule has 1 aromatic rings. The number of hydrogen-bond acceptors (Lipinski definition) is 2. The van der Waals surface area contributed by atoms with Crippen LogP contribution >= 0.6 is 15.9 Å². The fourth-order valence-corrected chi connectivity index (χ4v) is 2.96. The largest absolute Gasteiger partial charge is 0.490 e. The molecule has 1 fully saturated rings. The SMILES string of the molecule is CC1CCC(Oc2ccc(Br)cc2C(=N)N)CC1C. The van der Waals surface area contributed by atoms with E-state index in [1.807, 2.05) is 18.2 Å². The molecule has 3 atom stereocenters. The first-order valence-corrected chi connectivity index (χ1v) is 7.57. The molecule has 1 aliphatic rings. The lowest BCUT2D eigenvalue weighted by Crippen LogP contribution is -2.29. The molecule has 4 heteroatoms. The van der Waals surface area contributed by atoms with Crippen molar-refractivity contribution in [3.05, 3.63) is 28.2 Å². The lowest BCUT2D eigenvalue weighted by atomic mass is 9.80. The lowest BCUT2D eigenvalue weighted by molar-refractivity contribution is 0.100. The number of ether oxygens (including phenoxy) is 1. The van der Waals surface area contributed by atoms with Gasteiger partial charge in [-0.1, -0.05) is 29.8 Å². The smallest absolute Gasteiger partial charge is 0.130 e. The van der Waals surface area contributed by atoms with Crippen molar-refractivity contribution in [2.45, 2.75) is 39.2 Å². The highest BCUT2D eigenvalue weighted by Gasteiger charge is 2.26. The van der Waals surface area contributed by atoms with Gasteiger partial charge in [0.1, 0.15) is 11.6 Å². The maximum Gasteiger partial charge on any atom is 0.130 e. The minimum atomic E-state index is 0.0496. The second-order valence-corrected chi connectivity index (χ2v) is 6.48. The maximum atomic E-state index is 7.64. The number of hydrogen-bond donors (Lipinski definition) is 2. The van der Waals surface area contributed by atoms with E-state index in [1.165, 1.54) is 6.42 Å². The first-order chi connectivity index (χ1) is 8.97. The summed E-state index contributed by atoms with van der Waals surface area (Å²) < 4.78 is 6.99. The molecule has 0 amide bonds. The molecule has 1 saturated carbocycles. The number of rotatable bonds is 3. The summed E-state index contributed by atoms with van der Waals surface area (Å²) in [4.78, 5) is 0. The Morgan fingerprint density at radius 2 is 2.05 bits per heavy atom. The summed E-state index contributed by atoms with van der Waals surface area (Å²) >= 11 is 3.40. The molecule has 0 aliphatic heterocycles. The summed E-state index contributed by atoms with van der Waals surface area (Å²) in [5, 5.41) is 7.64. The Morgan fingerprint density at radius 1 is 1.32 bits per heavy atom. The normalized spacial score (nSPS) is 27.0. The molecule has 0 aromatic heterocycles. The first-order valence-electron chi connectivity index (χ1n) is 6.78. The molecular formula is C15H21BrN2O. The van der Waals surface area contributed by atoms with Gasteiger partial charge in [-0.15, -0.1) is 0 Å². The number of nitrogens with two attached hydrogens (primary N) is 1. The van der Waals surface area contributed by atoms with Crippen molar-refractivity contribution < 1.29 is 4.74 Å². The Morgan fingerprint density at radius 3 is 2.68 bits per heavy atom. The van der Waals surface area contributed by atoms with E-state index in [1.54, 1.807) is 0 Å². The van der Waals surface area contributed by atoms with E-state index in [9.17, 15) is 0 Å². The van der Waals surface area contributed by atoms with Crippen molar-refractivity contribution in [3.63, 3.8) is 0 Å². The van der Waals surface area contributed by atoms with Gasteiger partial charge in [-0.25, -0.2) is 0 Å². The van der Waals surface area contributed by atoms with E-state index in [0.717, 1.165) is 29.0 Å². The van der Waals surface area contributed by atoms with E-state index in [-0.39, 0.29) is 11.9 Å². The van der Waals surface area contributed by atoms with E-state index in [2.05, 4.69) is 29.8 Å². The van der Waals surface area contributed by atoms with E-state index in [4.69, 9.17) is 15.9 Å². The highest BCUT2D eigenvalue weighted by atomic mass is 79.9.